The van der Waals surface area contributed by atoms with Gasteiger partial charge in [0.2, 0.25) is 6.79 Å². The SMILES string of the molecule is O=C(O)CC/C=C\CC1COC(c2cccc3c2OCO3)OC1c1ccccc1. The molecule has 6 nitrogen and oxygen atoms in total. The van der Waals surface area contributed by atoms with Crippen LogP contribution in [-0.2, 0) is 14.3 Å². The van der Waals surface area contributed by atoms with E-state index in [0.717, 1.165) is 17.5 Å². The van der Waals surface area contributed by atoms with Gasteiger partial charge in [-0.3, -0.25) is 4.79 Å². The third-order valence-electron chi connectivity index (χ3n) is 5.10. The van der Waals surface area contributed by atoms with Crippen molar-refractivity contribution in [3.05, 3.63) is 71.8 Å². The van der Waals surface area contributed by atoms with Crippen LogP contribution in [0.1, 0.15) is 42.8 Å². The molecule has 1 N–H and O–H groups in total. The van der Waals surface area contributed by atoms with Crippen molar-refractivity contribution in [1.82, 2.24) is 0 Å². The first-order valence-corrected chi connectivity index (χ1v) is 9.79. The average molecular weight is 396 g/mol. The predicted molar refractivity (Wildman–Crippen MR) is 106 cm³/mol. The van der Waals surface area contributed by atoms with Crippen molar-refractivity contribution in [1.29, 1.82) is 0 Å². The van der Waals surface area contributed by atoms with Gasteiger partial charge in [-0.2, -0.15) is 0 Å². The molecule has 2 aromatic rings. The smallest absolute Gasteiger partial charge is 0.303 e. The Hall–Kier alpha value is -2.83. The molecular weight excluding hydrogens is 372 g/mol. The maximum absolute atomic E-state index is 10.7. The van der Waals surface area contributed by atoms with Gasteiger partial charge in [0, 0.05) is 12.3 Å². The molecule has 0 saturated carbocycles. The number of ether oxygens (including phenoxy) is 4. The summed E-state index contributed by atoms with van der Waals surface area (Å²) < 4.78 is 23.6. The number of fused-ring (bicyclic) bond motifs is 1. The van der Waals surface area contributed by atoms with Crippen molar-refractivity contribution in [3.63, 3.8) is 0 Å². The summed E-state index contributed by atoms with van der Waals surface area (Å²) in [5.74, 6) is 0.722. The molecule has 1 saturated heterocycles. The number of carboxylic acids is 1. The second-order valence-corrected chi connectivity index (χ2v) is 7.11. The summed E-state index contributed by atoms with van der Waals surface area (Å²) in [4.78, 5) is 10.7. The minimum absolute atomic E-state index is 0.128. The average Bonchev–Trinajstić information content (AvgIpc) is 3.23. The number of hydrogen-bond donors (Lipinski definition) is 1. The first-order chi connectivity index (χ1) is 14.2. The molecule has 0 bridgehead atoms. The van der Waals surface area contributed by atoms with Crippen molar-refractivity contribution in [2.75, 3.05) is 13.4 Å². The van der Waals surface area contributed by atoms with E-state index in [-0.39, 0.29) is 25.2 Å². The number of para-hydroxylation sites is 1. The molecule has 4 rings (SSSR count). The van der Waals surface area contributed by atoms with E-state index >= 15 is 0 Å². The first-order valence-electron chi connectivity index (χ1n) is 9.79. The Kier molecular flexibility index (Phi) is 6.12. The monoisotopic (exact) mass is 396 g/mol. The highest BCUT2D eigenvalue weighted by atomic mass is 16.7. The highest BCUT2D eigenvalue weighted by Gasteiger charge is 2.35. The van der Waals surface area contributed by atoms with Crippen LogP contribution in [0, 0.1) is 5.92 Å². The largest absolute Gasteiger partial charge is 0.481 e. The van der Waals surface area contributed by atoms with Crippen LogP contribution in [0.4, 0.5) is 0 Å². The molecule has 0 radical (unpaired) electrons. The van der Waals surface area contributed by atoms with Crippen molar-refractivity contribution >= 4 is 5.97 Å². The van der Waals surface area contributed by atoms with Crippen LogP contribution in [-0.4, -0.2) is 24.5 Å². The molecule has 3 unspecified atom stereocenters. The quantitative estimate of drug-likeness (QED) is 0.688. The van der Waals surface area contributed by atoms with Crippen LogP contribution in [0.3, 0.4) is 0 Å². The molecule has 29 heavy (non-hydrogen) atoms. The van der Waals surface area contributed by atoms with Gasteiger partial charge in [-0.15, -0.1) is 0 Å². The number of hydrogen-bond acceptors (Lipinski definition) is 5. The predicted octanol–water partition coefficient (Wildman–Crippen LogP) is 4.63. The standard InChI is InChI=1S/C23H24O6/c24-20(25)13-6-2-5-10-17-14-26-23(29-21(17)16-8-3-1-4-9-16)18-11-7-12-19-22(18)28-15-27-19/h1-5,7-9,11-12,17,21,23H,6,10,13-15H2,(H,24,25)/b5-2-. The lowest BCUT2D eigenvalue weighted by Gasteiger charge is -2.37. The molecule has 0 aliphatic carbocycles. The summed E-state index contributed by atoms with van der Waals surface area (Å²) in [5, 5.41) is 8.76. The lowest BCUT2D eigenvalue weighted by atomic mass is 9.92. The Morgan fingerprint density at radius 3 is 2.76 bits per heavy atom. The lowest BCUT2D eigenvalue weighted by molar-refractivity contribution is -0.244. The number of rotatable bonds is 7. The van der Waals surface area contributed by atoms with Gasteiger partial charge in [-0.05, 0) is 30.5 Å². The van der Waals surface area contributed by atoms with Gasteiger partial charge in [-0.1, -0.05) is 48.6 Å². The normalized spacial score (nSPS) is 23.4. The molecule has 2 aromatic carbocycles. The zero-order valence-electron chi connectivity index (χ0n) is 16.0. The van der Waals surface area contributed by atoms with Crippen LogP contribution in [0.2, 0.25) is 0 Å². The van der Waals surface area contributed by atoms with Gasteiger partial charge >= 0.3 is 5.97 Å². The number of carboxylic acid groups (broad SMARTS) is 1. The fourth-order valence-corrected chi connectivity index (χ4v) is 3.66. The first kappa shape index (κ1) is 19.5. The van der Waals surface area contributed by atoms with Crippen LogP contribution < -0.4 is 9.47 Å². The van der Waals surface area contributed by atoms with E-state index in [9.17, 15) is 4.79 Å². The Labute approximate surface area is 169 Å². The van der Waals surface area contributed by atoms with E-state index in [1.54, 1.807) is 0 Å². The van der Waals surface area contributed by atoms with E-state index in [0.29, 0.717) is 24.5 Å². The summed E-state index contributed by atoms with van der Waals surface area (Å²) >= 11 is 0. The number of carbonyl (C=O) groups is 1. The fourth-order valence-electron chi connectivity index (χ4n) is 3.66. The van der Waals surface area contributed by atoms with E-state index < -0.39 is 12.3 Å². The molecule has 0 spiro atoms. The summed E-state index contributed by atoms with van der Waals surface area (Å²) in [7, 11) is 0. The second-order valence-electron chi connectivity index (χ2n) is 7.11. The molecule has 152 valence electrons. The lowest BCUT2D eigenvalue weighted by Crippen LogP contribution is -2.30. The number of allylic oxidation sites excluding steroid dienone is 2. The van der Waals surface area contributed by atoms with Gasteiger partial charge in [0.25, 0.3) is 0 Å². The van der Waals surface area contributed by atoms with Gasteiger partial charge in [0.05, 0.1) is 18.3 Å². The van der Waals surface area contributed by atoms with E-state index in [4.69, 9.17) is 24.1 Å². The zero-order valence-corrected chi connectivity index (χ0v) is 16.0. The molecule has 0 amide bonds. The number of aliphatic carboxylic acids is 1. The highest BCUT2D eigenvalue weighted by molar-refractivity contribution is 5.66. The molecule has 1 fully saturated rings. The van der Waals surface area contributed by atoms with Gasteiger partial charge in [0.1, 0.15) is 0 Å². The Morgan fingerprint density at radius 2 is 1.93 bits per heavy atom. The highest BCUT2D eigenvalue weighted by Crippen LogP contribution is 2.45. The molecule has 3 atom stereocenters. The minimum Gasteiger partial charge on any atom is -0.481 e. The second kappa shape index (κ2) is 9.11. The van der Waals surface area contributed by atoms with Crippen molar-refractivity contribution < 1.29 is 28.8 Å². The summed E-state index contributed by atoms with van der Waals surface area (Å²) in [6.45, 7) is 0.725. The van der Waals surface area contributed by atoms with Crippen LogP contribution >= 0.6 is 0 Å². The van der Waals surface area contributed by atoms with Crippen molar-refractivity contribution in [2.24, 2.45) is 5.92 Å². The topological polar surface area (TPSA) is 74.2 Å². The van der Waals surface area contributed by atoms with Crippen LogP contribution in [0.15, 0.2) is 60.7 Å². The molecule has 2 aliphatic rings. The summed E-state index contributed by atoms with van der Waals surface area (Å²) in [6.07, 6.45) is 4.67. The molecule has 2 heterocycles. The van der Waals surface area contributed by atoms with Crippen molar-refractivity contribution in [2.45, 2.75) is 31.7 Å². The molecule has 2 aliphatic heterocycles. The van der Waals surface area contributed by atoms with Crippen LogP contribution in [0.25, 0.3) is 0 Å². The Morgan fingerprint density at radius 1 is 1.07 bits per heavy atom. The number of benzene rings is 2. The molecule has 6 heteroatoms. The van der Waals surface area contributed by atoms with Gasteiger partial charge < -0.3 is 24.1 Å². The fraction of sp³-hybridized carbons (Fsp3) is 0.348. The van der Waals surface area contributed by atoms with Gasteiger partial charge in [0.15, 0.2) is 17.8 Å². The zero-order chi connectivity index (χ0) is 20.1. The van der Waals surface area contributed by atoms with Gasteiger partial charge in [-0.25, -0.2) is 0 Å². The molecule has 0 aromatic heterocycles. The van der Waals surface area contributed by atoms with Crippen LogP contribution in [0.5, 0.6) is 11.5 Å². The third-order valence-corrected chi connectivity index (χ3v) is 5.10. The van der Waals surface area contributed by atoms with E-state index in [1.165, 1.54) is 0 Å². The summed E-state index contributed by atoms with van der Waals surface area (Å²) in [5.41, 5.74) is 1.92. The third kappa shape index (κ3) is 4.60. The van der Waals surface area contributed by atoms with E-state index in [1.807, 2.05) is 48.6 Å². The maximum Gasteiger partial charge on any atom is 0.303 e. The maximum atomic E-state index is 10.7. The van der Waals surface area contributed by atoms with Crippen molar-refractivity contribution in [3.8, 4) is 11.5 Å². The minimum atomic E-state index is -0.787. The Bertz CT molecular complexity index is 863. The summed E-state index contributed by atoms with van der Waals surface area (Å²) in [6, 6.07) is 15.8. The van der Waals surface area contributed by atoms with E-state index in [2.05, 4.69) is 12.1 Å². The molecular formula is C23H24O6. The Balaban J connectivity index is 1.50.